The normalized spacial score (nSPS) is 14.7. The average Bonchev–Trinajstić information content (AvgIpc) is 3.27. The molecular formula is C17H25NO2. The number of hydrogen-bond acceptors (Lipinski definition) is 2. The lowest BCUT2D eigenvalue weighted by Crippen LogP contribution is -2.26. The standard InChI is InChI=1S/C17H25NO2/c1-2-14-6-8-15(9-7-14)13-18(16-10-11-16)12-4-3-5-17(19)20/h6-9,16H,2-5,10-13H2,1H3,(H,19,20). The number of aliphatic carboxylic acids is 1. The van der Waals surface area contributed by atoms with E-state index in [0.29, 0.717) is 6.42 Å². The van der Waals surface area contributed by atoms with Crippen molar-refractivity contribution in [2.75, 3.05) is 6.54 Å². The Morgan fingerprint density at radius 3 is 2.40 bits per heavy atom. The first-order valence-corrected chi connectivity index (χ1v) is 7.72. The van der Waals surface area contributed by atoms with Crippen LogP contribution >= 0.6 is 0 Å². The van der Waals surface area contributed by atoms with E-state index in [0.717, 1.165) is 38.4 Å². The molecule has 0 saturated heterocycles. The third-order valence-electron chi connectivity index (χ3n) is 3.97. The number of carboxylic acid groups (broad SMARTS) is 1. The first-order chi connectivity index (χ1) is 9.69. The summed E-state index contributed by atoms with van der Waals surface area (Å²) in [6, 6.07) is 9.61. The first kappa shape index (κ1) is 15.0. The van der Waals surface area contributed by atoms with Crippen LogP contribution in [0, 0.1) is 0 Å². The van der Waals surface area contributed by atoms with E-state index in [4.69, 9.17) is 5.11 Å². The highest BCUT2D eigenvalue weighted by atomic mass is 16.4. The summed E-state index contributed by atoms with van der Waals surface area (Å²) in [5, 5.41) is 8.67. The molecule has 0 atom stereocenters. The molecule has 2 rings (SSSR count). The molecule has 1 fully saturated rings. The van der Waals surface area contributed by atoms with Gasteiger partial charge in [-0.15, -0.1) is 0 Å². The Morgan fingerprint density at radius 2 is 1.85 bits per heavy atom. The van der Waals surface area contributed by atoms with Crippen LogP contribution in [0.5, 0.6) is 0 Å². The molecule has 1 aliphatic carbocycles. The molecule has 3 nitrogen and oxygen atoms in total. The quantitative estimate of drug-likeness (QED) is 0.702. The van der Waals surface area contributed by atoms with Crippen molar-refractivity contribution in [2.24, 2.45) is 0 Å². The van der Waals surface area contributed by atoms with Crippen LogP contribution in [0.3, 0.4) is 0 Å². The van der Waals surface area contributed by atoms with Gasteiger partial charge in [-0.1, -0.05) is 31.2 Å². The molecule has 1 aromatic carbocycles. The highest BCUT2D eigenvalue weighted by Crippen LogP contribution is 2.28. The lowest BCUT2D eigenvalue weighted by molar-refractivity contribution is -0.137. The summed E-state index contributed by atoms with van der Waals surface area (Å²) in [5.41, 5.74) is 2.75. The van der Waals surface area contributed by atoms with E-state index >= 15 is 0 Å². The largest absolute Gasteiger partial charge is 0.481 e. The molecule has 1 N–H and O–H groups in total. The fraction of sp³-hybridized carbons (Fsp3) is 0.588. The first-order valence-electron chi connectivity index (χ1n) is 7.72. The number of hydrogen-bond donors (Lipinski definition) is 1. The summed E-state index contributed by atoms with van der Waals surface area (Å²) in [4.78, 5) is 13.0. The fourth-order valence-electron chi connectivity index (χ4n) is 2.54. The van der Waals surface area contributed by atoms with E-state index in [1.807, 2.05) is 0 Å². The summed E-state index contributed by atoms with van der Waals surface area (Å²) in [7, 11) is 0. The zero-order valence-electron chi connectivity index (χ0n) is 12.3. The second-order valence-electron chi connectivity index (χ2n) is 5.72. The Labute approximate surface area is 121 Å². The van der Waals surface area contributed by atoms with Gasteiger partial charge in [0.15, 0.2) is 0 Å². The van der Waals surface area contributed by atoms with Gasteiger partial charge in [-0.25, -0.2) is 0 Å². The number of aryl methyl sites for hydroxylation is 1. The fourth-order valence-corrected chi connectivity index (χ4v) is 2.54. The molecule has 1 aromatic rings. The highest BCUT2D eigenvalue weighted by Gasteiger charge is 2.28. The van der Waals surface area contributed by atoms with Crippen molar-refractivity contribution in [3.05, 3.63) is 35.4 Å². The Balaban J connectivity index is 1.80. The Kier molecular flexibility index (Phi) is 5.60. The summed E-state index contributed by atoms with van der Waals surface area (Å²) < 4.78 is 0. The smallest absolute Gasteiger partial charge is 0.303 e. The van der Waals surface area contributed by atoms with Crippen LogP contribution in [0.4, 0.5) is 0 Å². The predicted octanol–water partition coefficient (Wildman–Crippen LogP) is 3.47. The summed E-state index contributed by atoms with van der Waals surface area (Å²) in [6.07, 6.45) is 5.74. The second-order valence-corrected chi connectivity index (χ2v) is 5.72. The van der Waals surface area contributed by atoms with Crippen molar-refractivity contribution in [3.8, 4) is 0 Å². The molecule has 0 bridgehead atoms. The van der Waals surface area contributed by atoms with Crippen LogP contribution in [-0.4, -0.2) is 28.6 Å². The van der Waals surface area contributed by atoms with Crippen LogP contribution < -0.4 is 0 Å². The van der Waals surface area contributed by atoms with Gasteiger partial charge in [-0.3, -0.25) is 9.69 Å². The van der Waals surface area contributed by atoms with Crippen molar-refractivity contribution in [3.63, 3.8) is 0 Å². The molecule has 0 aliphatic heterocycles. The van der Waals surface area contributed by atoms with Crippen molar-refractivity contribution in [1.29, 1.82) is 0 Å². The zero-order valence-corrected chi connectivity index (χ0v) is 12.3. The number of rotatable bonds is 9. The second kappa shape index (κ2) is 7.44. The third-order valence-corrected chi connectivity index (χ3v) is 3.97. The minimum Gasteiger partial charge on any atom is -0.481 e. The van der Waals surface area contributed by atoms with Gasteiger partial charge in [0.1, 0.15) is 0 Å². The molecule has 1 aliphatic rings. The average molecular weight is 275 g/mol. The lowest BCUT2D eigenvalue weighted by Gasteiger charge is -2.22. The van der Waals surface area contributed by atoms with Gasteiger partial charge in [0, 0.05) is 19.0 Å². The van der Waals surface area contributed by atoms with E-state index in [1.165, 1.54) is 24.0 Å². The lowest BCUT2D eigenvalue weighted by atomic mass is 10.1. The van der Waals surface area contributed by atoms with Crippen LogP contribution in [0.15, 0.2) is 24.3 Å². The maximum atomic E-state index is 10.5. The Hall–Kier alpha value is -1.35. The Morgan fingerprint density at radius 1 is 1.20 bits per heavy atom. The van der Waals surface area contributed by atoms with Gasteiger partial charge in [-0.2, -0.15) is 0 Å². The Bertz CT molecular complexity index is 423. The maximum absolute atomic E-state index is 10.5. The van der Waals surface area contributed by atoms with Gasteiger partial charge in [0.25, 0.3) is 0 Å². The van der Waals surface area contributed by atoms with Crippen LogP contribution in [-0.2, 0) is 17.8 Å². The third kappa shape index (κ3) is 4.97. The van der Waals surface area contributed by atoms with Crippen molar-refractivity contribution < 1.29 is 9.90 Å². The molecule has 3 heteroatoms. The van der Waals surface area contributed by atoms with Crippen LogP contribution in [0.1, 0.15) is 50.2 Å². The number of unbranched alkanes of at least 4 members (excludes halogenated alkanes) is 1. The van der Waals surface area contributed by atoms with Crippen molar-refractivity contribution in [1.82, 2.24) is 4.90 Å². The molecule has 20 heavy (non-hydrogen) atoms. The topological polar surface area (TPSA) is 40.5 Å². The van der Waals surface area contributed by atoms with E-state index in [1.54, 1.807) is 0 Å². The molecule has 0 radical (unpaired) electrons. The number of carboxylic acids is 1. The molecule has 1 saturated carbocycles. The minimum absolute atomic E-state index is 0.295. The van der Waals surface area contributed by atoms with Crippen LogP contribution in [0.25, 0.3) is 0 Å². The molecule has 0 unspecified atom stereocenters. The van der Waals surface area contributed by atoms with Gasteiger partial charge in [0.2, 0.25) is 0 Å². The molecule has 0 amide bonds. The minimum atomic E-state index is -0.682. The summed E-state index contributed by atoms with van der Waals surface area (Å²) >= 11 is 0. The number of carbonyl (C=O) groups is 1. The molecule has 110 valence electrons. The van der Waals surface area contributed by atoms with Crippen molar-refractivity contribution >= 4 is 5.97 Å². The SMILES string of the molecule is CCc1ccc(CN(CCCCC(=O)O)C2CC2)cc1. The van der Waals surface area contributed by atoms with Gasteiger partial charge in [0.05, 0.1) is 0 Å². The van der Waals surface area contributed by atoms with E-state index in [-0.39, 0.29) is 0 Å². The molecular weight excluding hydrogens is 250 g/mol. The molecule has 0 aromatic heterocycles. The monoisotopic (exact) mass is 275 g/mol. The molecule has 0 heterocycles. The van der Waals surface area contributed by atoms with E-state index in [2.05, 4.69) is 36.1 Å². The highest BCUT2D eigenvalue weighted by molar-refractivity contribution is 5.66. The summed E-state index contributed by atoms with van der Waals surface area (Å²) in [6.45, 7) is 4.20. The number of nitrogens with zero attached hydrogens (tertiary/aromatic N) is 1. The molecule has 0 spiro atoms. The van der Waals surface area contributed by atoms with Gasteiger partial charge < -0.3 is 5.11 Å². The van der Waals surface area contributed by atoms with E-state index in [9.17, 15) is 4.79 Å². The van der Waals surface area contributed by atoms with E-state index < -0.39 is 5.97 Å². The number of benzene rings is 1. The van der Waals surface area contributed by atoms with Gasteiger partial charge in [-0.05, 0) is 49.8 Å². The summed E-state index contributed by atoms with van der Waals surface area (Å²) in [5.74, 6) is -0.682. The predicted molar refractivity (Wildman–Crippen MR) is 80.7 cm³/mol. The van der Waals surface area contributed by atoms with Crippen molar-refractivity contribution in [2.45, 2.75) is 58.0 Å². The maximum Gasteiger partial charge on any atom is 0.303 e. The van der Waals surface area contributed by atoms with Gasteiger partial charge >= 0.3 is 5.97 Å². The zero-order chi connectivity index (χ0) is 14.4. The van der Waals surface area contributed by atoms with Crippen LogP contribution in [0.2, 0.25) is 0 Å².